The fraction of sp³-hybridized carbons (Fsp3) is 0.353. The van der Waals surface area contributed by atoms with Crippen molar-refractivity contribution in [2.75, 3.05) is 13.7 Å². The lowest BCUT2D eigenvalue weighted by atomic mass is 9.88. The van der Waals surface area contributed by atoms with Gasteiger partial charge in [-0.15, -0.1) is 11.3 Å². The maximum Gasteiger partial charge on any atom is 0.270 e. The number of hydrogen-bond donors (Lipinski definition) is 1. The number of methoxy groups -OCH3 is 1. The Labute approximate surface area is 242 Å². The van der Waals surface area contributed by atoms with Gasteiger partial charge in [0.1, 0.15) is 16.5 Å². The summed E-state index contributed by atoms with van der Waals surface area (Å²) < 4.78 is 5.37. The van der Waals surface area contributed by atoms with Gasteiger partial charge in [0.2, 0.25) is 0 Å². The van der Waals surface area contributed by atoms with Gasteiger partial charge in [-0.3, -0.25) is 9.69 Å². The van der Waals surface area contributed by atoms with Gasteiger partial charge in [0.25, 0.3) is 5.91 Å². The normalized spacial score (nSPS) is 14.0. The van der Waals surface area contributed by atoms with Crippen LogP contribution in [0, 0.1) is 0 Å². The van der Waals surface area contributed by atoms with Gasteiger partial charge in [0, 0.05) is 23.9 Å². The van der Waals surface area contributed by atoms with Crippen molar-refractivity contribution in [1.82, 2.24) is 15.2 Å². The van der Waals surface area contributed by atoms with Crippen LogP contribution in [-0.2, 0) is 13.1 Å². The van der Waals surface area contributed by atoms with Gasteiger partial charge >= 0.3 is 0 Å². The topological polar surface area (TPSA) is 54.5 Å². The molecule has 0 saturated heterocycles. The van der Waals surface area contributed by atoms with E-state index in [-0.39, 0.29) is 11.9 Å². The van der Waals surface area contributed by atoms with E-state index in [1.807, 2.05) is 17.5 Å². The molecule has 1 N–H and O–H groups in total. The molecular weight excluding hydrogens is 514 g/mol. The molecule has 1 aliphatic rings. The van der Waals surface area contributed by atoms with Gasteiger partial charge in [-0.05, 0) is 54.6 Å². The second-order valence-corrected chi connectivity index (χ2v) is 11.6. The largest absolute Gasteiger partial charge is 0.497 e. The quantitative estimate of drug-likeness (QED) is 0.198. The Morgan fingerprint density at radius 3 is 2.20 bits per heavy atom. The summed E-state index contributed by atoms with van der Waals surface area (Å²) >= 11 is 1.58. The molecule has 208 valence electrons. The molecule has 0 spiro atoms. The third kappa shape index (κ3) is 7.80. The van der Waals surface area contributed by atoms with Gasteiger partial charge in [0.15, 0.2) is 0 Å². The maximum atomic E-state index is 12.9. The minimum atomic E-state index is -0.0377. The van der Waals surface area contributed by atoms with Crippen LogP contribution >= 0.6 is 11.3 Å². The first-order valence-electron chi connectivity index (χ1n) is 14.4. The van der Waals surface area contributed by atoms with Gasteiger partial charge in [-0.1, -0.05) is 92.1 Å². The van der Waals surface area contributed by atoms with E-state index in [1.165, 1.54) is 36.0 Å². The van der Waals surface area contributed by atoms with E-state index in [0.29, 0.717) is 18.2 Å². The van der Waals surface area contributed by atoms with Crippen LogP contribution in [0.25, 0.3) is 0 Å². The van der Waals surface area contributed by atoms with E-state index >= 15 is 0 Å². The van der Waals surface area contributed by atoms with Crippen molar-refractivity contribution in [3.8, 4) is 5.75 Å². The average molecular weight is 554 g/mol. The van der Waals surface area contributed by atoms with Gasteiger partial charge < -0.3 is 10.1 Å². The minimum absolute atomic E-state index is 0.0377. The van der Waals surface area contributed by atoms with Gasteiger partial charge in [0.05, 0.1) is 13.7 Å². The lowest BCUT2D eigenvalue weighted by Gasteiger charge is -2.25. The fourth-order valence-electron chi connectivity index (χ4n) is 5.60. The van der Waals surface area contributed by atoms with Crippen LogP contribution in [0.3, 0.4) is 0 Å². The molecule has 3 aromatic carbocycles. The Morgan fingerprint density at radius 2 is 1.57 bits per heavy atom. The molecule has 0 radical (unpaired) electrons. The van der Waals surface area contributed by atoms with Crippen LogP contribution in [0.1, 0.15) is 76.6 Å². The summed E-state index contributed by atoms with van der Waals surface area (Å²) in [7, 11) is 1.69. The van der Waals surface area contributed by atoms with Crippen LogP contribution in [0.15, 0.2) is 90.3 Å². The second-order valence-electron chi connectivity index (χ2n) is 10.7. The molecule has 1 amide bonds. The van der Waals surface area contributed by atoms with Crippen molar-refractivity contribution in [1.29, 1.82) is 0 Å². The van der Waals surface area contributed by atoms with E-state index in [4.69, 9.17) is 9.72 Å². The van der Waals surface area contributed by atoms with Crippen LogP contribution < -0.4 is 10.1 Å². The number of rotatable bonds is 12. The molecule has 0 unspecified atom stereocenters. The molecule has 4 aromatic rings. The summed E-state index contributed by atoms with van der Waals surface area (Å²) in [6.07, 6.45) is 6.78. The summed E-state index contributed by atoms with van der Waals surface area (Å²) in [6.45, 7) is 2.39. The van der Waals surface area contributed by atoms with E-state index in [2.05, 4.69) is 83.0 Å². The van der Waals surface area contributed by atoms with Crippen LogP contribution in [0.2, 0.25) is 0 Å². The molecule has 40 heavy (non-hydrogen) atoms. The lowest BCUT2D eigenvalue weighted by Crippen LogP contribution is -2.36. The molecule has 0 atom stereocenters. The zero-order valence-corrected chi connectivity index (χ0v) is 24.1. The van der Waals surface area contributed by atoms with E-state index in [0.717, 1.165) is 43.1 Å². The van der Waals surface area contributed by atoms with Crippen molar-refractivity contribution in [2.24, 2.45) is 0 Å². The maximum absolute atomic E-state index is 12.9. The Morgan fingerprint density at radius 1 is 0.925 bits per heavy atom. The number of hydrogen-bond acceptors (Lipinski definition) is 5. The smallest absolute Gasteiger partial charge is 0.270 e. The van der Waals surface area contributed by atoms with Crippen molar-refractivity contribution in [3.63, 3.8) is 0 Å². The Bertz CT molecular complexity index is 1280. The number of thiazole rings is 1. The number of carbonyl (C=O) groups excluding carboxylic acids is 1. The molecule has 1 heterocycles. The van der Waals surface area contributed by atoms with E-state index in [1.54, 1.807) is 18.4 Å². The predicted octanol–water partition coefficient (Wildman–Crippen LogP) is 7.44. The van der Waals surface area contributed by atoms with E-state index in [9.17, 15) is 4.79 Å². The highest BCUT2D eigenvalue weighted by molar-refractivity contribution is 7.09. The lowest BCUT2D eigenvalue weighted by molar-refractivity contribution is 0.0923. The highest BCUT2D eigenvalue weighted by Crippen LogP contribution is 2.29. The molecule has 1 aromatic heterocycles. The number of benzene rings is 3. The summed E-state index contributed by atoms with van der Waals surface area (Å²) in [5, 5.41) is 6.09. The first kappa shape index (κ1) is 28.1. The molecule has 6 heteroatoms. The van der Waals surface area contributed by atoms with Crippen molar-refractivity contribution >= 4 is 17.2 Å². The predicted molar refractivity (Wildman–Crippen MR) is 163 cm³/mol. The Kier molecular flexibility index (Phi) is 9.99. The SMILES string of the molecule is COc1ccc(CN(CCC(c2ccccc2)c2ccccc2)Cc2nc(C(=O)NC3CCCCC3)cs2)cc1. The van der Waals surface area contributed by atoms with Crippen molar-refractivity contribution in [2.45, 2.75) is 63.6 Å². The Balaban J connectivity index is 1.31. The average Bonchev–Trinajstić information content (AvgIpc) is 3.48. The first-order valence-corrected chi connectivity index (χ1v) is 15.3. The summed E-state index contributed by atoms with van der Waals surface area (Å²) in [4.78, 5) is 20.1. The zero-order chi connectivity index (χ0) is 27.6. The number of ether oxygens (including phenoxy) is 1. The number of aromatic nitrogens is 1. The number of nitrogens with zero attached hydrogens (tertiary/aromatic N) is 2. The minimum Gasteiger partial charge on any atom is -0.497 e. The molecule has 0 aliphatic heterocycles. The standard InChI is InChI=1S/C34H39N3O2S/c1-39-30-19-17-26(18-20-30)23-37(22-21-31(27-11-5-2-6-12-27)28-13-7-3-8-14-28)24-33-36-32(25-40-33)34(38)35-29-15-9-4-10-16-29/h2-3,5-8,11-14,17-20,25,29,31H,4,9-10,15-16,21-24H2,1H3,(H,35,38). The second kappa shape index (κ2) is 14.2. The molecular formula is C34H39N3O2S. The van der Waals surface area contributed by atoms with Gasteiger partial charge in [-0.2, -0.15) is 0 Å². The third-order valence-corrected chi connectivity index (χ3v) is 8.62. The van der Waals surface area contributed by atoms with Crippen LogP contribution in [0.5, 0.6) is 5.75 Å². The van der Waals surface area contributed by atoms with Gasteiger partial charge in [-0.25, -0.2) is 4.98 Å². The number of amides is 1. The molecule has 5 nitrogen and oxygen atoms in total. The van der Waals surface area contributed by atoms with Crippen molar-refractivity contribution in [3.05, 3.63) is 118 Å². The summed E-state index contributed by atoms with van der Waals surface area (Å²) in [5.41, 5.74) is 4.42. The van der Waals surface area contributed by atoms with Crippen molar-refractivity contribution < 1.29 is 9.53 Å². The van der Waals surface area contributed by atoms with Crippen LogP contribution in [0.4, 0.5) is 0 Å². The Hall–Kier alpha value is -3.48. The molecule has 1 saturated carbocycles. The summed E-state index contributed by atoms with van der Waals surface area (Å²) in [6, 6.07) is 30.1. The highest BCUT2D eigenvalue weighted by Gasteiger charge is 2.20. The third-order valence-electron chi connectivity index (χ3n) is 7.79. The molecule has 0 bridgehead atoms. The fourth-order valence-corrected chi connectivity index (χ4v) is 6.41. The molecule has 1 aliphatic carbocycles. The molecule has 1 fully saturated rings. The monoisotopic (exact) mass is 553 g/mol. The number of carbonyl (C=O) groups is 1. The number of nitrogens with one attached hydrogen (secondary N) is 1. The summed E-state index contributed by atoms with van der Waals surface area (Å²) in [5.74, 6) is 1.12. The van der Waals surface area contributed by atoms with Crippen LogP contribution in [-0.4, -0.2) is 35.5 Å². The first-order chi connectivity index (χ1) is 19.7. The zero-order valence-electron chi connectivity index (χ0n) is 23.3. The molecule has 5 rings (SSSR count). The highest BCUT2D eigenvalue weighted by atomic mass is 32.1. The van der Waals surface area contributed by atoms with E-state index < -0.39 is 0 Å².